The zero-order valence-electron chi connectivity index (χ0n) is 27.5. The van der Waals surface area contributed by atoms with Crippen LogP contribution in [0.25, 0.3) is 11.0 Å². The van der Waals surface area contributed by atoms with E-state index in [-0.39, 0.29) is 10.4 Å². The van der Waals surface area contributed by atoms with Gasteiger partial charge in [0, 0.05) is 10.5 Å². The highest BCUT2D eigenvalue weighted by atomic mass is 33.1. The first kappa shape index (κ1) is 36.5. The van der Waals surface area contributed by atoms with Gasteiger partial charge < -0.3 is 28.4 Å². The molecule has 0 fully saturated rings. The molecule has 0 amide bonds. The zero-order chi connectivity index (χ0) is 33.4. The minimum absolute atomic E-state index is 0.191. The Labute approximate surface area is 292 Å². The van der Waals surface area contributed by atoms with E-state index in [4.69, 9.17) is 28.4 Å². The van der Waals surface area contributed by atoms with Crippen LogP contribution in [0.3, 0.4) is 0 Å². The fraction of sp³-hybridized carbons (Fsp3) is 0.378. The highest BCUT2D eigenvalue weighted by Gasteiger charge is 2.17. The molecule has 3 aromatic carbocycles. The molecule has 3 aromatic rings. The van der Waals surface area contributed by atoms with Crippen LogP contribution in [0.4, 0.5) is 0 Å². The second kappa shape index (κ2) is 19.5. The van der Waals surface area contributed by atoms with Crippen molar-refractivity contribution in [3.05, 3.63) is 83.4 Å². The SMILES string of the molecule is COc1ccc(/C=C/C(=O)c2cc(OC)c(OC)c(OC)c2)cc1OCCCCCCCCCOc1ccc(C2=CC(S)SS2)cc1. The van der Waals surface area contributed by atoms with Crippen molar-refractivity contribution < 1.29 is 33.2 Å². The number of hydrogen-bond donors (Lipinski definition) is 1. The first-order chi connectivity index (χ1) is 22.9. The van der Waals surface area contributed by atoms with Crippen LogP contribution in [-0.4, -0.2) is 52.0 Å². The van der Waals surface area contributed by atoms with E-state index in [0.717, 1.165) is 43.6 Å². The fourth-order valence-corrected chi connectivity index (χ4v) is 7.78. The molecule has 0 bridgehead atoms. The van der Waals surface area contributed by atoms with Crippen LogP contribution < -0.4 is 28.4 Å². The number of hydrogen-bond acceptors (Lipinski definition) is 10. The van der Waals surface area contributed by atoms with Crippen LogP contribution in [0, 0.1) is 0 Å². The average molecular weight is 697 g/mol. The van der Waals surface area contributed by atoms with Crippen LogP contribution in [0.1, 0.15) is 66.4 Å². The maximum atomic E-state index is 12.9. The molecule has 1 atom stereocenters. The van der Waals surface area contributed by atoms with Crippen molar-refractivity contribution in [2.24, 2.45) is 0 Å². The second-order valence-corrected chi connectivity index (χ2v) is 14.1. The van der Waals surface area contributed by atoms with Crippen molar-refractivity contribution in [3.8, 4) is 34.5 Å². The molecule has 0 saturated carbocycles. The summed E-state index contributed by atoms with van der Waals surface area (Å²) in [6.45, 7) is 1.35. The normalized spacial score (nSPS) is 14.1. The Bertz CT molecular complexity index is 1480. The quantitative estimate of drug-likeness (QED) is 0.0409. The Hall–Kier alpha value is -3.34. The van der Waals surface area contributed by atoms with Gasteiger partial charge in [-0.25, -0.2) is 0 Å². The summed E-state index contributed by atoms with van der Waals surface area (Å²) < 4.78 is 33.9. The molecule has 0 spiro atoms. The number of benzene rings is 3. The Morgan fingerprint density at radius 2 is 1.34 bits per heavy atom. The molecule has 0 N–H and O–H groups in total. The van der Waals surface area contributed by atoms with Gasteiger partial charge in [-0.15, -0.1) is 0 Å². The molecule has 7 nitrogen and oxygen atoms in total. The van der Waals surface area contributed by atoms with Crippen LogP contribution in [0.5, 0.6) is 34.5 Å². The van der Waals surface area contributed by atoms with Crippen LogP contribution in [0.2, 0.25) is 0 Å². The monoisotopic (exact) mass is 696 g/mol. The van der Waals surface area contributed by atoms with Gasteiger partial charge in [0.25, 0.3) is 0 Å². The molecule has 1 aliphatic heterocycles. The molecule has 47 heavy (non-hydrogen) atoms. The van der Waals surface area contributed by atoms with Gasteiger partial charge in [-0.3, -0.25) is 4.79 Å². The summed E-state index contributed by atoms with van der Waals surface area (Å²) in [5.41, 5.74) is 2.48. The highest BCUT2D eigenvalue weighted by molar-refractivity contribution is 8.82. The molecule has 0 radical (unpaired) electrons. The lowest BCUT2D eigenvalue weighted by Crippen LogP contribution is -2.01. The molecular weight excluding hydrogens is 653 g/mol. The minimum atomic E-state index is -0.191. The molecule has 0 aliphatic carbocycles. The maximum Gasteiger partial charge on any atom is 0.203 e. The summed E-state index contributed by atoms with van der Waals surface area (Å²) in [6, 6.07) is 17.2. The minimum Gasteiger partial charge on any atom is -0.494 e. The zero-order valence-corrected chi connectivity index (χ0v) is 30.0. The Kier molecular flexibility index (Phi) is 15.1. The van der Waals surface area contributed by atoms with Gasteiger partial charge in [-0.2, -0.15) is 12.6 Å². The van der Waals surface area contributed by atoms with Crippen LogP contribution in [-0.2, 0) is 0 Å². The number of carbonyl (C=O) groups excluding carboxylic acids is 1. The molecular formula is C37H44O7S3. The average Bonchev–Trinajstić information content (AvgIpc) is 3.55. The molecule has 0 saturated heterocycles. The summed E-state index contributed by atoms with van der Waals surface area (Å²) >= 11 is 4.49. The van der Waals surface area contributed by atoms with E-state index < -0.39 is 0 Å². The van der Waals surface area contributed by atoms with Gasteiger partial charge in [-0.1, -0.05) is 78.0 Å². The van der Waals surface area contributed by atoms with Crippen molar-refractivity contribution >= 4 is 51.0 Å². The molecule has 1 aliphatic rings. The van der Waals surface area contributed by atoms with Gasteiger partial charge in [0.05, 0.1) is 46.2 Å². The lowest BCUT2D eigenvalue weighted by Gasteiger charge is -2.13. The predicted molar refractivity (Wildman–Crippen MR) is 198 cm³/mol. The first-order valence-electron chi connectivity index (χ1n) is 15.8. The van der Waals surface area contributed by atoms with Crippen molar-refractivity contribution in [1.82, 2.24) is 0 Å². The number of carbonyl (C=O) groups is 1. The number of thiol groups is 1. The third-order valence-electron chi connectivity index (χ3n) is 7.55. The Morgan fingerprint density at radius 3 is 1.91 bits per heavy atom. The smallest absolute Gasteiger partial charge is 0.203 e. The van der Waals surface area contributed by atoms with E-state index in [9.17, 15) is 4.79 Å². The Morgan fingerprint density at radius 1 is 0.723 bits per heavy atom. The Balaban J connectivity index is 1.12. The first-order valence-corrected chi connectivity index (χ1v) is 18.5. The van der Waals surface area contributed by atoms with Gasteiger partial charge in [0.15, 0.2) is 28.8 Å². The lowest BCUT2D eigenvalue weighted by molar-refractivity contribution is 0.104. The lowest BCUT2D eigenvalue weighted by atomic mass is 10.1. The third kappa shape index (κ3) is 11.1. The summed E-state index contributed by atoms with van der Waals surface area (Å²) in [4.78, 5) is 14.2. The second-order valence-electron chi connectivity index (χ2n) is 10.8. The number of allylic oxidation sites excluding steroid dienone is 1. The summed E-state index contributed by atoms with van der Waals surface area (Å²) in [5, 5.41) is 0. The van der Waals surface area contributed by atoms with E-state index in [2.05, 4.69) is 43.0 Å². The molecule has 10 heteroatoms. The van der Waals surface area contributed by atoms with Gasteiger partial charge >= 0.3 is 0 Å². The third-order valence-corrected chi connectivity index (χ3v) is 10.9. The largest absolute Gasteiger partial charge is 0.494 e. The summed E-state index contributed by atoms with van der Waals surface area (Å²) in [7, 11) is 9.73. The van der Waals surface area contributed by atoms with Gasteiger partial charge in [0.2, 0.25) is 5.75 Å². The van der Waals surface area contributed by atoms with Crippen molar-refractivity contribution in [2.45, 2.75) is 49.5 Å². The standard InChI is InChI=1S/C37H44O7S3/c1-39-31-19-13-26(12-18-30(38)28-23-33(40-2)37(42-4)34(24-28)41-3)22-32(31)44-21-11-9-7-5-6-8-10-20-43-29-16-14-27(15-17-29)35-25-36(45)47-46-35/h12-19,22-25,36,45H,5-11,20-21H2,1-4H3/b18-12+. The number of ether oxygens (including phenoxy) is 6. The van der Waals surface area contributed by atoms with E-state index in [1.807, 2.05) is 18.2 Å². The van der Waals surface area contributed by atoms with Crippen molar-refractivity contribution in [3.63, 3.8) is 0 Å². The topological polar surface area (TPSA) is 72.5 Å². The summed E-state index contributed by atoms with van der Waals surface area (Å²) in [5.74, 6) is 3.34. The van der Waals surface area contributed by atoms with E-state index >= 15 is 0 Å². The van der Waals surface area contributed by atoms with Gasteiger partial charge in [-0.05, 0) is 72.5 Å². The number of unbranched alkanes of at least 4 members (excludes halogenated alkanes) is 6. The number of ketones is 1. The van der Waals surface area contributed by atoms with E-state index in [1.54, 1.807) is 46.9 Å². The van der Waals surface area contributed by atoms with E-state index in [0.29, 0.717) is 40.9 Å². The molecule has 1 heterocycles. The molecule has 0 aromatic heterocycles. The number of methoxy groups -OCH3 is 4. The summed E-state index contributed by atoms with van der Waals surface area (Å²) in [6.07, 6.45) is 13.3. The fourth-order valence-electron chi connectivity index (χ4n) is 5.01. The molecule has 1 unspecified atom stereocenters. The van der Waals surface area contributed by atoms with E-state index in [1.165, 1.54) is 57.1 Å². The highest BCUT2D eigenvalue weighted by Crippen LogP contribution is 2.48. The van der Waals surface area contributed by atoms with Crippen molar-refractivity contribution in [2.75, 3.05) is 41.7 Å². The van der Waals surface area contributed by atoms with Crippen LogP contribution in [0.15, 0.2) is 66.7 Å². The van der Waals surface area contributed by atoms with Crippen LogP contribution >= 0.6 is 34.2 Å². The predicted octanol–water partition coefficient (Wildman–Crippen LogP) is 9.80. The van der Waals surface area contributed by atoms with Gasteiger partial charge in [0.1, 0.15) is 5.75 Å². The number of rotatable bonds is 20. The molecule has 252 valence electrons. The molecule has 4 rings (SSSR count). The van der Waals surface area contributed by atoms with Crippen molar-refractivity contribution in [1.29, 1.82) is 0 Å². The maximum absolute atomic E-state index is 12.9.